The maximum absolute atomic E-state index is 13.3. The molecule has 6 nitrogen and oxygen atoms in total. The standard InChI is InChI=1S/C19H27N3O3/c1-13(2)21-9-5-7-19(18(21)24)8-6-10-22(19)17(23)15-11-14(3)20-12-16(15)25-4/h11-13H,5-10H2,1-4H3. The first-order chi connectivity index (χ1) is 11.9. The third-order valence-corrected chi connectivity index (χ3v) is 5.46. The Morgan fingerprint density at radius 3 is 2.60 bits per heavy atom. The number of hydrogen-bond acceptors (Lipinski definition) is 4. The quantitative estimate of drug-likeness (QED) is 0.844. The molecule has 1 aromatic heterocycles. The molecule has 0 saturated carbocycles. The summed E-state index contributed by atoms with van der Waals surface area (Å²) in [5.74, 6) is 0.435. The van der Waals surface area contributed by atoms with Crippen molar-refractivity contribution < 1.29 is 14.3 Å². The molecule has 2 aliphatic rings. The van der Waals surface area contributed by atoms with E-state index in [1.807, 2.05) is 25.7 Å². The molecule has 2 fully saturated rings. The van der Waals surface area contributed by atoms with Crippen molar-refractivity contribution in [2.24, 2.45) is 0 Å². The Labute approximate surface area is 149 Å². The van der Waals surface area contributed by atoms with Crippen LogP contribution in [0.1, 0.15) is 55.6 Å². The Morgan fingerprint density at radius 2 is 1.96 bits per heavy atom. The number of aromatic nitrogens is 1. The zero-order valence-corrected chi connectivity index (χ0v) is 15.5. The van der Waals surface area contributed by atoms with Crippen molar-refractivity contribution >= 4 is 11.8 Å². The first kappa shape index (κ1) is 17.7. The number of ether oxygens (including phenoxy) is 1. The summed E-state index contributed by atoms with van der Waals surface area (Å²) in [5.41, 5.74) is 0.559. The number of rotatable bonds is 3. The van der Waals surface area contributed by atoms with Gasteiger partial charge in [-0.3, -0.25) is 14.6 Å². The average molecular weight is 345 g/mol. The minimum absolute atomic E-state index is 0.101. The summed E-state index contributed by atoms with van der Waals surface area (Å²) in [5, 5.41) is 0. The number of carbonyl (C=O) groups is 2. The summed E-state index contributed by atoms with van der Waals surface area (Å²) in [6, 6.07) is 1.90. The minimum Gasteiger partial charge on any atom is -0.494 e. The Bertz CT molecular complexity index is 688. The van der Waals surface area contributed by atoms with Gasteiger partial charge in [-0.15, -0.1) is 0 Å². The van der Waals surface area contributed by atoms with Crippen LogP contribution < -0.4 is 4.74 Å². The number of methoxy groups -OCH3 is 1. The van der Waals surface area contributed by atoms with Crippen molar-refractivity contribution in [1.29, 1.82) is 0 Å². The summed E-state index contributed by atoms with van der Waals surface area (Å²) >= 11 is 0. The molecular formula is C19H27N3O3. The molecule has 3 rings (SSSR count). The molecule has 1 aromatic rings. The Balaban J connectivity index is 1.98. The van der Waals surface area contributed by atoms with E-state index < -0.39 is 5.54 Å². The Kier molecular flexibility index (Phi) is 4.71. The molecule has 1 atom stereocenters. The first-order valence-electron chi connectivity index (χ1n) is 9.04. The molecule has 0 bridgehead atoms. The molecule has 136 valence electrons. The van der Waals surface area contributed by atoms with Gasteiger partial charge in [-0.05, 0) is 52.5 Å². The van der Waals surface area contributed by atoms with Crippen molar-refractivity contribution in [3.63, 3.8) is 0 Å². The van der Waals surface area contributed by atoms with Crippen LogP contribution in [0, 0.1) is 6.92 Å². The molecule has 6 heteroatoms. The molecule has 3 heterocycles. The summed E-state index contributed by atoms with van der Waals surface area (Å²) < 4.78 is 5.34. The number of hydrogen-bond donors (Lipinski definition) is 0. The van der Waals surface area contributed by atoms with Crippen LogP contribution >= 0.6 is 0 Å². The van der Waals surface area contributed by atoms with E-state index in [2.05, 4.69) is 4.98 Å². The molecule has 0 N–H and O–H groups in total. The summed E-state index contributed by atoms with van der Waals surface area (Å²) in [4.78, 5) is 34.5. The first-order valence-corrected chi connectivity index (χ1v) is 9.04. The highest BCUT2D eigenvalue weighted by molar-refractivity contribution is 6.01. The molecule has 0 radical (unpaired) electrons. The zero-order chi connectivity index (χ0) is 18.2. The maximum Gasteiger partial charge on any atom is 0.258 e. The highest BCUT2D eigenvalue weighted by Crippen LogP contribution is 2.40. The zero-order valence-electron chi connectivity index (χ0n) is 15.5. The fourth-order valence-corrected chi connectivity index (χ4v) is 4.19. The van der Waals surface area contributed by atoms with Gasteiger partial charge in [0.15, 0.2) is 0 Å². The van der Waals surface area contributed by atoms with Crippen molar-refractivity contribution in [2.45, 2.75) is 58.0 Å². The van der Waals surface area contributed by atoms with Crippen LogP contribution in [0.4, 0.5) is 0 Å². The predicted octanol–water partition coefficient (Wildman–Crippen LogP) is 2.40. The third-order valence-electron chi connectivity index (χ3n) is 5.46. The summed E-state index contributed by atoms with van der Waals surface area (Å²) in [7, 11) is 1.54. The molecular weight excluding hydrogens is 318 g/mol. The fraction of sp³-hybridized carbons (Fsp3) is 0.632. The molecule has 1 unspecified atom stereocenters. The van der Waals surface area contributed by atoms with E-state index >= 15 is 0 Å². The van der Waals surface area contributed by atoms with E-state index in [4.69, 9.17) is 4.74 Å². The van der Waals surface area contributed by atoms with Crippen LogP contribution in [0.25, 0.3) is 0 Å². The minimum atomic E-state index is -0.693. The van der Waals surface area contributed by atoms with Gasteiger partial charge in [0.2, 0.25) is 5.91 Å². The van der Waals surface area contributed by atoms with Crippen LogP contribution in [0.15, 0.2) is 12.3 Å². The number of aryl methyl sites for hydroxylation is 1. The SMILES string of the molecule is COc1cnc(C)cc1C(=O)N1CCCC12CCCN(C(C)C)C2=O. The van der Waals surface area contributed by atoms with Crippen molar-refractivity contribution in [2.75, 3.05) is 20.2 Å². The number of amides is 2. The molecule has 0 aromatic carbocycles. The Hall–Kier alpha value is -2.11. The van der Waals surface area contributed by atoms with Gasteiger partial charge >= 0.3 is 0 Å². The molecule has 2 saturated heterocycles. The second-order valence-corrected chi connectivity index (χ2v) is 7.31. The van der Waals surface area contributed by atoms with E-state index in [-0.39, 0.29) is 17.9 Å². The highest BCUT2D eigenvalue weighted by Gasteiger charge is 2.53. The van der Waals surface area contributed by atoms with Gasteiger partial charge in [0.05, 0.1) is 18.9 Å². The van der Waals surface area contributed by atoms with E-state index in [0.29, 0.717) is 17.9 Å². The lowest BCUT2D eigenvalue weighted by atomic mass is 9.84. The van der Waals surface area contributed by atoms with Gasteiger partial charge in [-0.2, -0.15) is 0 Å². The number of carbonyl (C=O) groups excluding carboxylic acids is 2. The second-order valence-electron chi connectivity index (χ2n) is 7.31. The lowest BCUT2D eigenvalue weighted by Crippen LogP contribution is -2.62. The third kappa shape index (κ3) is 2.87. The lowest BCUT2D eigenvalue weighted by molar-refractivity contribution is -0.147. The van der Waals surface area contributed by atoms with Gasteiger partial charge < -0.3 is 14.5 Å². The monoisotopic (exact) mass is 345 g/mol. The Morgan fingerprint density at radius 1 is 1.28 bits per heavy atom. The topological polar surface area (TPSA) is 62.7 Å². The molecule has 2 amide bonds. The molecule has 1 spiro atoms. The van der Waals surface area contributed by atoms with Crippen LogP contribution in [-0.4, -0.2) is 58.4 Å². The molecule has 2 aliphatic heterocycles. The number of likely N-dealkylation sites (tertiary alicyclic amines) is 2. The van der Waals surface area contributed by atoms with Gasteiger partial charge in [0.25, 0.3) is 5.91 Å². The van der Waals surface area contributed by atoms with Crippen LogP contribution in [-0.2, 0) is 4.79 Å². The lowest BCUT2D eigenvalue weighted by Gasteiger charge is -2.46. The van der Waals surface area contributed by atoms with E-state index in [1.54, 1.807) is 17.2 Å². The highest BCUT2D eigenvalue weighted by atomic mass is 16.5. The molecule has 0 aliphatic carbocycles. The van der Waals surface area contributed by atoms with Crippen molar-refractivity contribution in [3.05, 3.63) is 23.5 Å². The largest absolute Gasteiger partial charge is 0.494 e. The van der Waals surface area contributed by atoms with Gasteiger partial charge in [0, 0.05) is 24.8 Å². The van der Waals surface area contributed by atoms with Gasteiger partial charge in [0.1, 0.15) is 11.3 Å². The predicted molar refractivity (Wildman–Crippen MR) is 94.6 cm³/mol. The van der Waals surface area contributed by atoms with E-state index in [1.165, 1.54) is 7.11 Å². The van der Waals surface area contributed by atoms with Crippen LogP contribution in [0.5, 0.6) is 5.75 Å². The second kappa shape index (κ2) is 6.65. The van der Waals surface area contributed by atoms with Gasteiger partial charge in [-0.1, -0.05) is 0 Å². The van der Waals surface area contributed by atoms with Crippen molar-refractivity contribution in [1.82, 2.24) is 14.8 Å². The maximum atomic E-state index is 13.3. The molecule has 25 heavy (non-hydrogen) atoms. The number of pyridine rings is 1. The number of nitrogens with zero attached hydrogens (tertiary/aromatic N) is 3. The van der Waals surface area contributed by atoms with E-state index in [9.17, 15) is 9.59 Å². The van der Waals surface area contributed by atoms with Gasteiger partial charge in [-0.25, -0.2) is 0 Å². The smallest absolute Gasteiger partial charge is 0.258 e. The number of piperidine rings is 1. The van der Waals surface area contributed by atoms with Crippen LogP contribution in [0.3, 0.4) is 0 Å². The normalized spacial score (nSPS) is 23.6. The average Bonchev–Trinajstić information content (AvgIpc) is 3.01. The van der Waals surface area contributed by atoms with Crippen molar-refractivity contribution in [3.8, 4) is 5.75 Å². The van der Waals surface area contributed by atoms with Crippen LogP contribution in [0.2, 0.25) is 0 Å². The fourth-order valence-electron chi connectivity index (χ4n) is 4.19. The summed E-state index contributed by atoms with van der Waals surface area (Å²) in [6.45, 7) is 7.31. The van der Waals surface area contributed by atoms with E-state index in [0.717, 1.165) is 37.9 Å². The summed E-state index contributed by atoms with van der Waals surface area (Å²) in [6.07, 6.45) is 4.85.